The minimum Gasteiger partial charge on any atom is -0.0636 e. The van der Waals surface area contributed by atoms with Crippen LogP contribution < -0.4 is 15.6 Å². The van der Waals surface area contributed by atoms with Crippen LogP contribution in [-0.2, 0) is 0 Å². The highest BCUT2D eigenvalue weighted by molar-refractivity contribution is 7.16. The molecule has 0 saturated carbocycles. The molecule has 1 aliphatic rings. The molecule has 1 aliphatic carbocycles. The third-order valence-corrected chi connectivity index (χ3v) is 12.2. The topological polar surface area (TPSA) is 0 Å². The van der Waals surface area contributed by atoms with Crippen molar-refractivity contribution in [3.8, 4) is 0 Å². The summed E-state index contributed by atoms with van der Waals surface area (Å²) in [5.41, 5.74) is 5.81. The zero-order chi connectivity index (χ0) is 20.6. The Morgan fingerprint density at radius 3 is 1.41 bits per heavy atom. The number of hydrogen-bond donors (Lipinski definition) is 0. The van der Waals surface area contributed by atoms with E-state index in [0.717, 1.165) is 0 Å². The molecule has 0 saturated heterocycles. The van der Waals surface area contributed by atoms with Gasteiger partial charge in [-0.1, -0.05) is 114 Å². The van der Waals surface area contributed by atoms with Crippen molar-refractivity contribution in [3.63, 3.8) is 0 Å². The SMILES string of the molecule is CC1=C(C)C(C)C([Si](c2ccccc2)(c2ccccc2)c2ccc(C)cc2)=C1C. The summed E-state index contributed by atoms with van der Waals surface area (Å²) >= 11 is 0. The first-order chi connectivity index (χ1) is 14.0. The molecule has 0 aromatic heterocycles. The maximum Gasteiger partial charge on any atom is 0.176 e. The summed E-state index contributed by atoms with van der Waals surface area (Å²) in [4.78, 5) is 0. The molecule has 0 fully saturated rings. The van der Waals surface area contributed by atoms with Crippen molar-refractivity contribution >= 4 is 23.6 Å². The minimum atomic E-state index is -2.39. The fourth-order valence-electron chi connectivity index (χ4n) is 5.12. The van der Waals surface area contributed by atoms with Gasteiger partial charge in [0.2, 0.25) is 0 Å². The predicted octanol–water partition coefficient (Wildman–Crippen LogP) is 5.31. The largest absolute Gasteiger partial charge is 0.176 e. The van der Waals surface area contributed by atoms with Gasteiger partial charge in [-0.25, -0.2) is 0 Å². The lowest BCUT2D eigenvalue weighted by atomic mass is 10.1. The van der Waals surface area contributed by atoms with Crippen molar-refractivity contribution in [2.45, 2.75) is 34.6 Å². The molecule has 3 aromatic rings. The van der Waals surface area contributed by atoms with Crippen LogP contribution in [0, 0.1) is 12.8 Å². The lowest BCUT2D eigenvalue weighted by Gasteiger charge is -2.38. The van der Waals surface area contributed by atoms with Crippen LogP contribution in [0.15, 0.2) is 107 Å². The van der Waals surface area contributed by atoms with Gasteiger partial charge in [-0.2, -0.15) is 0 Å². The lowest BCUT2D eigenvalue weighted by Crippen LogP contribution is -2.69. The fraction of sp³-hybridized carbons (Fsp3) is 0.214. The number of aryl methyl sites for hydroxylation is 1. The van der Waals surface area contributed by atoms with E-state index in [1.807, 2.05) is 0 Å². The molecule has 1 unspecified atom stereocenters. The van der Waals surface area contributed by atoms with Crippen molar-refractivity contribution in [2.24, 2.45) is 5.92 Å². The van der Waals surface area contributed by atoms with E-state index in [1.165, 1.54) is 37.8 Å². The summed E-state index contributed by atoms with van der Waals surface area (Å²) < 4.78 is 0. The normalized spacial score (nSPS) is 17.2. The summed E-state index contributed by atoms with van der Waals surface area (Å²) in [6, 6.07) is 31.9. The Kier molecular flexibility index (Phi) is 5.18. The molecular formula is C28H30Si. The molecule has 1 atom stereocenters. The van der Waals surface area contributed by atoms with Gasteiger partial charge in [0.15, 0.2) is 8.07 Å². The molecule has 0 radical (unpaired) electrons. The molecule has 0 bridgehead atoms. The summed E-state index contributed by atoms with van der Waals surface area (Å²) in [6.07, 6.45) is 0. The Morgan fingerprint density at radius 2 is 1.00 bits per heavy atom. The van der Waals surface area contributed by atoms with E-state index in [4.69, 9.17) is 0 Å². The molecule has 4 rings (SSSR count). The second-order valence-corrected chi connectivity index (χ2v) is 12.2. The second kappa shape index (κ2) is 7.65. The minimum absolute atomic E-state index is 0.461. The van der Waals surface area contributed by atoms with Gasteiger partial charge in [-0.05, 0) is 54.7 Å². The standard InChI is InChI=1S/C28H30Si/c1-20-16-18-27(19-17-20)29(25-12-8-6-9-13-25,26-14-10-7-11-15-26)28-23(4)21(2)22(3)24(28)5/h6-19,23H,1-5H3. The first-order valence-electron chi connectivity index (χ1n) is 10.5. The van der Waals surface area contributed by atoms with E-state index in [9.17, 15) is 0 Å². The van der Waals surface area contributed by atoms with Gasteiger partial charge in [0.25, 0.3) is 0 Å². The third kappa shape index (κ3) is 3.05. The summed E-state index contributed by atoms with van der Waals surface area (Å²) in [7, 11) is -2.39. The Bertz CT molecular complexity index is 1030. The highest BCUT2D eigenvalue weighted by atomic mass is 28.3. The number of benzene rings is 3. The molecule has 0 spiro atoms. The zero-order valence-corrected chi connectivity index (χ0v) is 19.2. The molecule has 146 valence electrons. The van der Waals surface area contributed by atoms with Crippen LogP contribution in [0.5, 0.6) is 0 Å². The molecular weight excluding hydrogens is 364 g/mol. The van der Waals surface area contributed by atoms with Gasteiger partial charge in [-0.3, -0.25) is 0 Å². The summed E-state index contributed by atoms with van der Waals surface area (Å²) in [5, 5.41) is 6.07. The van der Waals surface area contributed by atoms with Gasteiger partial charge in [0.1, 0.15) is 0 Å². The Morgan fingerprint density at radius 1 is 0.552 bits per heavy atom. The Hall–Kier alpha value is -2.64. The molecule has 0 N–H and O–H groups in total. The van der Waals surface area contributed by atoms with Crippen molar-refractivity contribution in [1.29, 1.82) is 0 Å². The van der Waals surface area contributed by atoms with Gasteiger partial charge >= 0.3 is 0 Å². The molecule has 0 heterocycles. The molecule has 0 aliphatic heterocycles. The van der Waals surface area contributed by atoms with Crippen LogP contribution in [0.4, 0.5) is 0 Å². The van der Waals surface area contributed by atoms with Crippen LogP contribution in [0.3, 0.4) is 0 Å². The van der Waals surface area contributed by atoms with Crippen molar-refractivity contribution in [1.82, 2.24) is 0 Å². The van der Waals surface area contributed by atoms with Gasteiger partial charge in [0, 0.05) is 0 Å². The quantitative estimate of drug-likeness (QED) is 0.416. The van der Waals surface area contributed by atoms with Crippen LogP contribution >= 0.6 is 0 Å². The summed E-state index contributed by atoms with van der Waals surface area (Å²) in [5.74, 6) is 0.461. The second-order valence-electron chi connectivity index (χ2n) is 8.42. The monoisotopic (exact) mass is 394 g/mol. The first kappa shape index (κ1) is 19.7. The highest BCUT2D eigenvalue weighted by Gasteiger charge is 2.47. The molecule has 1 heteroatoms. The van der Waals surface area contributed by atoms with Crippen LogP contribution in [-0.4, -0.2) is 8.07 Å². The average molecular weight is 395 g/mol. The predicted molar refractivity (Wildman–Crippen MR) is 129 cm³/mol. The van der Waals surface area contributed by atoms with Crippen molar-refractivity contribution in [3.05, 3.63) is 112 Å². The van der Waals surface area contributed by atoms with Gasteiger partial charge in [0.05, 0.1) is 0 Å². The number of rotatable bonds is 4. The van der Waals surface area contributed by atoms with Gasteiger partial charge < -0.3 is 0 Å². The zero-order valence-electron chi connectivity index (χ0n) is 18.2. The molecule has 0 nitrogen and oxygen atoms in total. The number of hydrogen-bond acceptors (Lipinski definition) is 0. The average Bonchev–Trinajstić information content (AvgIpc) is 2.95. The Labute approximate surface area is 176 Å². The maximum absolute atomic E-state index is 2.41. The third-order valence-electron chi connectivity index (χ3n) is 6.94. The number of allylic oxidation sites excluding steroid dienone is 4. The molecule has 0 amide bonds. The van der Waals surface area contributed by atoms with E-state index in [2.05, 4.69) is 120 Å². The fourth-order valence-corrected chi connectivity index (χ4v) is 10.7. The van der Waals surface area contributed by atoms with Gasteiger partial charge in [-0.15, -0.1) is 0 Å². The van der Waals surface area contributed by atoms with Crippen LogP contribution in [0.25, 0.3) is 0 Å². The Balaban J connectivity index is 2.15. The first-order valence-corrected chi connectivity index (χ1v) is 12.5. The molecule has 29 heavy (non-hydrogen) atoms. The summed E-state index contributed by atoms with van der Waals surface area (Å²) in [6.45, 7) is 11.6. The van der Waals surface area contributed by atoms with E-state index in [1.54, 1.807) is 5.20 Å². The molecule has 3 aromatic carbocycles. The van der Waals surface area contributed by atoms with E-state index in [-0.39, 0.29) is 0 Å². The lowest BCUT2D eigenvalue weighted by molar-refractivity contribution is 0.851. The van der Waals surface area contributed by atoms with E-state index < -0.39 is 8.07 Å². The van der Waals surface area contributed by atoms with Crippen molar-refractivity contribution in [2.75, 3.05) is 0 Å². The van der Waals surface area contributed by atoms with E-state index >= 15 is 0 Å². The van der Waals surface area contributed by atoms with E-state index in [0.29, 0.717) is 5.92 Å². The maximum atomic E-state index is 2.41. The van der Waals surface area contributed by atoms with Crippen molar-refractivity contribution < 1.29 is 0 Å². The van der Waals surface area contributed by atoms with Crippen LogP contribution in [0.2, 0.25) is 0 Å². The highest BCUT2D eigenvalue weighted by Crippen LogP contribution is 2.41. The smallest absolute Gasteiger partial charge is 0.0636 e. The van der Waals surface area contributed by atoms with Crippen LogP contribution in [0.1, 0.15) is 33.3 Å².